The first-order chi connectivity index (χ1) is 20.0. The number of aromatic nitrogens is 3. The van der Waals surface area contributed by atoms with Crippen LogP contribution >= 0.6 is 23.2 Å². The van der Waals surface area contributed by atoms with Gasteiger partial charge in [-0.15, -0.1) is 0 Å². The molecule has 218 valence electrons. The zero-order chi connectivity index (χ0) is 30.3. The van der Waals surface area contributed by atoms with E-state index in [1.54, 1.807) is 38.1 Å². The third kappa shape index (κ3) is 5.63. The zero-order valence-electron chi connectivity index (χ0n) is 23.5. The number of benzene rings is 1. The average Bonchev–Trinajstić information content (AvgIpc) is 3.87. The van der Waals surface area contributed by atoms with Crippen LogP contribution in [0.5, 0.6) is 0 Å². The maximum atomic E-state index is 15.6. The number of amides is 1. The van der Waals surface area contributed by atoms with Gasteiger partial charge in [0.2, 0.25) is 5.91 Å². The van der Waals surface area contributed by atoms with E-state index in [1.165, 1.54) is 29.1 Å². The summed E-state index contributed by atoms with van der Waals surface area (Å²) < 4.78 is 17.0. The summed E-state index contributed by atoms with van der Waals surface area (Å²) >= 11 is 12.6. The Hall–Kier alpha value is -3.82. The number of aliphatic imine (C=N–C) groups is 1. The van der Waals surface area contributed by atoms with Crippen molar-refractivity contribution in [2.24, 2.45) is 16.3 Å². The van der Waals surface area contributed by atoms with E-state index in [4.69, 9.17) is 23.2 Å². The van der Waals surface area contributed by atoms with Gasteiger partial charge in [-0.05, 0) is 80.3 Å². The first kappa shape index (κ1) is 29.7. The van der Waals surface area contributed by atoms with Gasteiger partial charge >= 0.3 is 0 Å². The van der Waals surface area contributed by atoms with Crippen LogP contribution in [0.4, 0.5) is 10.1 Å². The minimum absolute atomic E-state index is 0.0394. The predicted octanol–water partition coefficient (Wildman–Crippen LogP) is 6.44. The quantitative estimate of drug-likeness (QED) is 0.286. The number of halogens is 3. The van der Waals surface area contributed by atoms with E-state index in [1.807, 2.05) is 19.9 Å². The van der Waals surface area contributed by atoms with E-state index < -0.39 is 16.8 Å². The summed E-state index contributed by atoms with van der Waals surface area (Å²) in [5.74, 6) is -1.08. The van der Waals surface area contributed by atoms with Gasteiger partial charge < -0.3 is 5.32 Å². The normalized spacial score (nSPS) is 21.2. The number of pyridine rings is 1. The first-order valence-electron chi connectivity index (χ1n) is 13.6. The van der Waals surface area contributed by atoms with Gasteiger partial charge in [-0.25, -0.2) is 9.49 Å². The lowest BCUT2D eigenvalue weighted by atomic mass is 10.1. The molecule has 8 nitrogen and oxygen atoms in total. The summed E-state index contributed by atoms with van der Waals surface area (Å²) in [5.41, 5.74) is 0.976. The van der Waals surface area contributed by atoms with Crippen molar-refractivity contribution < 1.29 is 9.18 Å². The minimum atomic E-state index is -0.625. The summed E-state index contributed by atoms with van der Waals surface area (Å²) in [6.45, 7) is 7.38. The van der Waals surface area contributed by atoms with Gasteiger partial charge in [0.15, 0.2) is 5.82 Å². The van der Waals surface area contributed by atoms with Crippen LogP contribution < -0.4 is 16.4 Å². The Morgan fingerprint density at radius 3 is 2.62 bits per heavy atom. The third-order valence-electron chi connectivity index (χ3n) is 8.12. The summed E-state index contributed by atoms with van der Waals surface area (Å²) in [4.78, 5) is 42.7. The van der Waals surface area contributed by atoms with E-state index >= 15 is 4.39 Å². The van der Waals surface area contributed by atoms with Crippen molar-refractivity contribution in [3.63, 3.8) is 0 Å². The summed E-state index contributed by atoms with van der Waals surface area (Å²) in [6, 6.07) is 8.07. The minimum Gasteiger partial charge on any atom is -0.323 e. The Bertz CT molecular complexity index is 1790. The summed E-state index contributed by atoms with van der Waals surface area (Å²) in [5, 5.41) is 9.04. The topological polar surface area (TPSA) is 109 Å². The molecule has 0 bridgehead atoms. The van der Waals surface area contributed by atoms with Crippen LogP contribution in [0.2, 0.25) is 10.2 Å². The number of H-pyrrole nitrogens is 1. The second-order valence-corrected chi connectivity index (χ2v) is 11.9. The average molecular weight is 611 g/mol. The lowest BCUT2D eigenvalue weighted by molar-refractivity contribution is -0.120. The fraction of sp³-hybridized carbons (Fsp3) is 0.323. The summed E-state index contributed by atoms with van der Waals surface area (Å²) in [6.07, 6.45) is 7.77. The Labute approximate surface area is 252 Å². The molecule has 0 saturated heterocycles. The predicted molar refractivity (Wildman–Crippen MR) is 164 cm³/mol. The molecule has 2 N–H and O–H groups in total. The van der Waals surface area contributed by atoms with Gasteiger partial charge in [-0.2, -0.15) is 5.10 Å². The molecule has 3 atom stereocenters. The largest absolute Gasteiger partial charge is 0.323 e. The van der Waals surface area contributed by atoms with Crippen LogP contribution in [0.1, 0.15) is 67.8 Å². The van der Waals surface area contributed by atoms with E-state index in [0.29, 0.717) is 16.8 Å². The monoisotopic (exact) mass is 609 g/mol. The fourth-order valence-corrected chi connectivity index (χ4v) is 5.68. The van der Waals surface area contributed by atoms with Crippen molar-refractivity contribution >= 4 is 46.7 Å². The van der Waals surface area contributed by atoms with Crippen molar-refractivity contribution in [1.82, 2.24) is 14.8 Å². The lowest BCUT2D eigenvalue weighted by Crippen LogP contribution is -2.22. The number of hydrogen-bond donors (Lipinski definition) is 2. The number of aromatic amines is 1. The number of nitrogens with one attached hydrogen (secondary N) is 2. The number of allylic oxidation sites excluding steroid dienone is 2. The van der Waals surface area contributed by atoms with Crippen LogP contribution in [0, 0.1) is 24.1 Å². The van der Waals surface area contributed by atoms with E-state index in [2.05, 4.69) is 20.5 Å². The van der Waals surface area contributed by atoms with Gasteiger partial charge in [0, 0.05) is 34.6 Å². The highest BCUT2D eigenvalue weighted by atomic mass is 35.5. The van der Waals surface area contributed by atoms with Gasteiger partial charge in [0.25, 0.3) is 11.1 Å². The van der Waals surface area contributed by atoms with Crippen molar-refractivity contribution in [3.8, 4) is 0 Å². The second kappa shape index (κ2) is 11.5. The maximum absolute atomic E-state index is 15.6. The molecule has 2 aliphatic rings. The lowest BCUT2D eigenvalue weighted by Gasteiger charge is -2.13. The van der Waals surface area contributed by atoms with Crippen molar-refractivity contribution in [2.45, 2.75) is 52.4 Å². The summed E-state index contributed by atoms with van der Waals surface area (Å²) in [7, 11) is 0. The maximum Gasteiger partial charge on any atom is 0.273 e. The van der Waals surface area contributed by atoms with Crippen molar-refractivity contribution in [1.29, 1.82) is 0 Å². The molecule has 42 heavy (non-hydrogen) atoms. The standard InChI is InChI=1S/C31H30Cl2FN5O3/c1-5-12-35-21(18-7-6-8-22(27(18)34)36-30(42)31(4)10-11-31)9-13-39-16(2)14-19(26(33)29(39)41)24-17(3)25(24)20-15-23(32)37-38-28(20)40/h5-9,12-15,17,24-25H,10-11H2,1-4H3,(H,36,42)(H,38,40)/b12-5+,13-9+,35-21-. The number of nitrogens with zero attached hydrogens (tertiary/aromatic N) is 3. The molecule has 0 aliphatic heterocycles. The highest BCUT2D eigenvalue weighted by molar-refractivity contribution is 6.31. The molecule has 3 unspecified atom stereocenters. The van der Waals surface area contributed by atoms with Crippen LogP contribution in [0.15, 0.2) is 63.3 Å². The highest BCUT2D eigenvalue weighted by Gasteiger charge is 2.51. The highest BCUT2D eigenvalue weighted by Crippen LogP contribution is 2.60. The Morgan fingerprint density at radius 2 is 1.93 bits per heavy atom. The fourth-order valence-electron chi connectivity index (χ4n) is 5.25. The van der Waals surface area contributed by atoms with Gasteiger partial charge in [0.1, 0.15) is 10.2 Å². The molecule has 0 radical (unpaired) electrons. The number of hydrogen-bond acceptors (Lipinski definition) is 5. The van der Waals surface area contributed by atoms with Crippen LogP contribution in [0.25, 0.3) is 6.20 Å². The molecule has 5 rings (SSSR count). The van der Waals surface area contributed by atoms with E-state index in [9.17, 15) is 14.4 Å². The first-order valence-corrected chi connectivity index (χ1v) is 14.4. The molecule has 2 aliphatic carbocycles. The second-order valence-electron chi connectivity index (χ2n) is 11.1. The number of carbonyl (C=O) groups excluding carboxylic acids is 1. The molecule has 0 spiro atoms. The number of carbonyl (C=O) groups is 1. The third-order valence-corrected chi connectivity index (χ3v) is 8.69. The molecular weight excluding hydrogens is 580 g/mol. The Kier molecular flexibility index (Phi) is 8.09. The zero-order valence-corrected chi connectivity index (χ0v) is 25.1. The molecule has 11 heteroatoms. The molecule has 1 amide bonds. The van der Waals surface area contributed by atoms with Gasteiger partial charge in [-0.1, -0.05) is 49.2 Å². The molecule has 3 aromatic rings. The molecule has 2 aromatic heterocycles. The smallest absolute Gasteiger partial charge is 0.273 e. The van der Waals surface area contributed by atoms with E-state index in [-0.39, 0.29) is 56.4 Å². The molecule has 1 aromatic carbocycles. The Balaban J connectivity index is 1.46. The van der Waals surface area contributed by atoms with Crippen molar-refractivity contribution in [2.75, 3.05) is 5.32 Å². The van der Waals surface area contributed by atoms with Crippen LogP contribution in [-0.2, 0) is 4.79 Å². The molecular formula is C31H30Cl2FN5O3. The van der Waals surface area contributed by atoms with Crippen molar-refractivity contribution in [3.05, 3.63) is 108 Å². The number of anilines is 1. The number of rotatable bonds is 8. The van der Waals surface area contributed by atoms with E-state index in [0.717, 1.165) is 12.8 Å². The van der Waals surface area contributed by atoms with Crippen LogP contribution in [0.3, 0.4) is 0 Å². The molecule has 2 saturated carbocycles. The Morgan fingerprint density at radius 1 is 1.21 bits per heavy atom. The van der Waals surface area contributed by atoms with Gasteiger partial charge in [0.05, 0.1) is 11.4 Å². The number of aryl methyl sites for hydroxylation is 1. The molecule has 2 fully saturated rings. The van der Waals surface area contributed by atoms with Crippen LogP contribution in [-0.4, -0.2) is 26.4 Å². The van der Waals surface area contributed by atoms with Gasteiger partial charge in [-0.3, -0.25) is 23.9 Å². The molecule has 2 heterocycles. The SMILES string of the molecule is C/C=C/N=C(/C=C/n1c(C)cc(C2C(C)C2c2cc(Cl)n[nH]c2=O)c(Cl)c1=O)c1cccc(NC(=O)C2(C)CC2)c1F.